The molecule has 11 rings (SSSR count). The van der Waals surface area contributed by atoms with Gasteiger partial charge >= 0.3 is 0 Å². The molecular weight excluding hydrogens is 663 g/mol. The van der Waals surface area contributed by atoms with Gasteiger partial charge in [0.05, 0.1) is 16.9 Å². The van der Waals surface area contributed by atoms with E-state index in [4.69, 9.17) is 23.8 Å². The lowest BCUT2D eigenvalue weighted by molar-refractivity contribution is 0.668. The number of rotatable bonds is 5. The third-order valence-electron chi connectivity index (χ3n) is 10.3. The second-order valence-electron chi connectivity index (χ2n) is 13.5. The Kier molecular flexibility index (Phi) is 6.79. The molecule has 0 aliphatic carbocycles. The molecule has 54 heavy (non-hydrogen) atoms. The number of para-hydroxylation sites is 4. The summed E-state index contributed by atoms with van der Waals surface area (Å²) < 4.78 is 12.9. The fourth-order valence-electron chi connectivity index (χ4n) is 7.71. The highest BCUT2D eigenvalue weighted by Gasteiger charge is 2.19. The summed E-state index contributed by atoms with van der Waals surface area (Å²) in [5, 5.41) is 5.46. The van der Waals surface area contributed by atoms with Gasteiger partial charge in [-0.1, -0.05) is 146 Å². The van der Waals surface area contributed by atoms with Crippen molar-refractivity contribution in [2.45, 2.75) is 0 Å². The molecule has 0 saturated heterocycles. The molecule has 0 N–H and O–H groups in total. The Morgan fingerprint density at radius 2 is 0.944 bits per heavy atom. The lowest BCUT2D eigenvalue weighted by atomic mass is 9.98. The van der Waals surface area contributed by atoms with Crippen LogP contribution in [0.25, 0.3) is 111 Å². The zero-order chi connectivity index (χ0) is 35.6. The third-order valence-corrected chi connectivity index (χ3v) is 10.3. The van der Waals surface area contributed by atoms with Gasteiger partial charge in [-0.3, -0.25) is 0 Å². The number of pyridine rings is 1. The average molecular weight is 692 g/mol. The number of hydrogen-bond donors (Lipinski definition) is 0. The summed E-state index contributed by atoms with van der Waals surface area (Å²) in [5.41, 5.74) is 12.8. The molecule has 0 spiro atoms. The van der Waals surface area contributed by atoms with E-state index >= 15 is 0 Å². The minimum atomic E-state index is 0.642. The largest absolute Gasteiger partial charge is 0.455 e. The minimum absolute atomic E-state index is 0.642. The summed E-state index contributed by atoms with van der Waals surface area (Å²) in [6, 6.07) is 60.2. The van der Waals surface area contributed by atoms with Crippen molar-refractivity contribution >= 4 is 54.8 Å². The molecule has 0 saturated carbocycles. The molecule has 0 aliphatic heterocycles. The van der Waals surface area contributed by atoms with E-state index in [0.717, 1.165) is 105 Å². The van der Waals surface area contributed by atoms with Crippen molar-refractivity contribution in [2.24, 2.45) is 0 Å². The summed E-state index contributed by atoms with van der Waals surface area (Å²) in [6.07, 6.45) is 0. The fraction of sp³-hybridized carbons (Fsp3) is 0. The lowest BCUT2D eigenvalue weighted by Crippen LogP contribution is -1.96. The fourth-order valence-corrected chi connectivity index (χ4v) is 7.71. The molecule has 0 unspecified atom stereocenters. The topological polar surface area (TPSA) is 65.0 Å². The summed E-state index contributed by atoms with van der Waals surface area (Å²) in [6.45, 7) is 0. The molecule has 0 aliphatic rings. The van der Waals surface area contributed by atoms with Crippen LogP contribution in [0, 0.1) is 0 Å². The van der Waals surface area contributed by atoms with Gasteiger partial charge in [0.2, 0.25) is 0 Å². The van der Waals surface area contributed by atoms with Gasteiger partial charge in [0.15, 0.2) is 11.4 Å². The van der Waals surface area contributed by atoms with Gasteiger partial charge in [0.1, 0.15) is 22.4 Å². The predicted molar refractivity (Wildman–Crippen MR) is 219 cm³/mol. The van der Waals surface area contributed by atoms with Crippen molar-refractivity contribution in [3.8, 4) is 56.3 Å². The minimum Gasteiger partial charge on any atom is -0.455 e. The maximum atomic E-state index is 6.48. The first kappa shape index (κ1) is 30.3. The molecule has 5 nitrogen and oxygen atoms in total. The highest BCUT2D eigenvalue weighted by molar-refractivity contribution is 6.20. The highest BCUT2D eigenvalue weighted by atomic mass is 16.3. The predicted octanol–water partition coefficient (Wildman–Crippen LogP) is 13.2. The molecule has 0 atom stereocenters. The van der Waals surface area contributed by atoms with E-state index in [2.05, 4.69) is 127 Å². The Morgan fingerprint density at radius 3 is 1.78 bits per heavy atom. The SMILES string of the molecule is c1ccc(-c2cc(-c3cccc(-c4cccc5c4oc4ccccc45)c3)nc(-c3ccc(-c4nc5ccccc5c5c4oc4ccccc45)cc3)n2)cc1. The monoisotopic (exact) mass is 691 g/mol. The van der Waals surface area contributed by atoms with E-state index in [9.17, 15) is 0 Å². The van der Waals surface area contributed by atoms with Crippen LogP contribution < -0.4 is 0 Å². The van der Waals surface area contributed by atoms with Crippen LogP contribution >= 0.6 is 0 Å². The van der Waals surface area contributed by atoms with Crippen LogP contribution in [-0.4, -0.2) is 15.0 Å². The van der Waals surface area contributed by atoms with Gasteiger partial charge in [-0.25, -0.2) is 15.0 Å². The molecule has 4 heterocycles. The van der Waals surface area contributed by atoms with E-state index in [1.165, 1.54) is 0 Å². The molecule has 0 radical (unpaired) electrons. The molecule has 7 aromatic carbocycles. The van der Waals surface area contributed by atoms with E-state index in [1.54, 1.807) is 0 Å². The quantitative estimate of drug-likeness (QED) is 0.180. The van der Waals surface area contributed by atoms with Gasteiger partial charge in [0, 0.05) is 54.7 Å². The second kappa shape index (κ2) is 12.1. The standard InChI is InChI=1S/C49H29N3O2/c1-2-12-30(13-3-1)41-29-42(34-15-10-14-33(28-34)35-19-11-20-37-36-16-5-8-22-43(36)53-47(35)37)52-49(51-41)32-26-24-31(25-27-32)46-48-45(38-17-4-7-21-40(38)50-46)39-18-6-9-23-44(39)54-48/h1-29H. The number of benzene rings is 7. The third kappa shape index (κ3) is 4.90. The van der Waals surface area contributed by atoms with E-state index in [1.807, 2.05) is 48.5 Å². The van der Waals surface area contributed by atoms with Crippen LogP contribution in [0.1, 0.15) is 0 Å². The van der Waals surface area contributed by atoms with Crippen molar-refractivity contribution in [2.75, 3.05) is 0 Å². The average Bonchev–Trinajstić information content (AvgIpc) is 3.83. The smallest absolute Gasteiger partial charge is 0.162 e. The van der Waals surface area contributed by atoms with Crippen molar-refractivity contribution in [3.05, 3.63) is 176 Å². The molecule has 11 aromatic rings. The Bertz CT molecular complexity index is 3210. The summed E-state index contributed by atoms with van der Waals surface area (Å²) in [4.78, 5) is 15.4. The van der Waals surface area contributed by atoms with Gasteiger partial charge in [-0.05, 0) is 35.9 Å². The van der Waals surface area contributed by atoms with Crippen LogP contribution in [0.2, 0.25) is 0 Å². The maximum Gasteiger partial charge on any atom is 0.162 e. The summed E-state index contributed by atoms with van der Waals surface area (Å²) in [7, 11) is 0. The molecule has 5 heteroatoms. The van der Waals surface area contributed by atoms with E-state index < -0.39 is 0 Å². The van der Waals surface area contributed by atoms with Crippen LogP contribution in [0.4, 0.5) is 0 Å². The first-order valence-electron chi connectivity index (χ1n) is 18.0. The number of fused-ring (bicyclic) bond motifs is 8. The molecule has 0 bridgehead atoms. The number of furan rings is 2. The van der Waals surface area contributed by atoms with E-state index in [-0.39, 0.29) is 0 Å². The van der Waals surface area contributed by atoms with Crippen LogP contribution in [-0.2, 0) is 0 Å². The van der Waals surface area contributed by atoms with Crippen LogP contribution in [0.5, 0.6) is 0 Å². The second-order valence-corrected chi connectivity index (χ2v) is 13.5. The molecular formula is C49H29N3O2. The van der Waals surface area contributed by atoms with Gasteiger partial charge in [-0.2, -0.15) is 0 Å². The molecule has 0 fully saturated rings. The van der Waals surface area contributed by atoms with Crippen molar-refractivity contribution in [3.63, 3.8) is 0 Å². The first-order valence-corrected chi connectivity index (χ1v) is 18.0. The normalized spacial score (nSPS) is 11.7. The van der Waals surface area contributed by atoms with Gasteiger partial charge < -0.3 is 8.83 Å². The van der Waals surface area contributed by atoms with Gasteiger partial charge in [-0.15, -0.1) is 0 Å². The Hall–Kier alpha value is -7.37. The number of aromatic nitrogens is 3. The Labute approximate surface area is 309 Å². The Balaban J connectivity index is 1.03. The van der Waals surface area contributed by atoms with E-state index in [0.29, 0.717) is 5.82 Å². The van der Waals surface area contributed by atoms with Gasteiger partial charge in [0.25, 0.3) is 0 Å². The van der Waals surface area contributed by atoms with Crippen molar-refractivity contribution < 1.29 is 8.83 Å². The molecule has 252 valence electrons. The first-order chi connectivity index (χ1) is 26.7. The zero-order valence-electron chi connectivity index (χ0n) is 28.9. The zero-order valence-corrected chi connectivity index (χ0v) is 28.9. The highest BCUT2D eigenvalue weighted by Crippen LogP contribution is 2.40. The maximum absolute atomic E-state index is 6.48. The number of hydrogen-bond acceptors (Lipinski definition) is 5. The van der Waals surface area contributed by atoms with Crippen molar-refractivity contribution in [1.82, 2.24) is 15.0 Å². The molecule has 0 amide bonds. The van der Waals surface area contributed by atoms with Crippen LogP contribution in [0.3, 0.4) is 0 Å². The number of nitrogens with zero attached hydrogens (tertiary/aromatic N) is 3. The Morgan fingerprint density at radius 1 is 0.352 bits per heavy atom. The summed E-state index contributed by atoms with van der Waals surface area (Å²) in [5.74, 6) is 0.642. The van der Waals surface area contributed by atoms with Crippen molar-refractivity contribution in [1.29, 1.82) is 0 Å². The molecule has 4 aromatic heterocycles. The summed E-state index contributed by atoms with van der Waals surface area (Å²) >= 11 is 0. The lowest BCUT2D eigenvalue weighted by Gasteiger charge is -2.11. The van der Waals surface area contributed by atoms with Crippen LogP contribution in [0.15, 0.2) is 185 Å².